The van der Waals surface area contributed by atoms with Crippen molar-refractivity contribution in [2.24, 2.45) is 0 Å². The number of aromatic nitrogens is 4. The van der Waals surface area contributed by atoms with Crippen molar-refractivity contribution in [1.82, 2.24) is 19.9 Å². The Morgan fingerprint density at radius 1 is 0.422 bits per heavy atom. The Hall–Kier alpha value is -6.20. The summed E-state index contributed by atoms with van der Waals surface area (Å²) < 4.78 is 6.61. The average molecular weight is 575 g/mol. The molecular weight excluding hydrogens is 552 g/mol. The van der Waals surface area contributed by atoms with Gasteiger partial charge in [0.15, 0.2) is 17.5 Å². The van der Waals surface area contributed by atoms with Crippen LogP contribution < -0.4 is 0 Å². The van der Waals surface area contributed by atoms with Gasteiger partial charge in [-0.05, 0) is 50.7 Å². The lowest BCUT2D eigenvalue weighted by atomic mass is 9.88. The van der Waals surface area contributed by atoms with Crippen molar-refractivity contribution in [2.75, 3.05) is 0 Å². The van der Waals surface area contributed by atoms with E-state index in [9.17, 15) is 0 Å². The highest BCUT2D eigenvalue weighted by molar-refractivity contribution is 6.40. The van der Waals surface area contributed by atoms with E-state index in [0.717, 1.165) is 44.2 Å². The molecule has 10 aromatic rings. The molecule has 0 aliphatic carbocycles. The molecular formula is C40H22N4O. The first-order valence-electron chi connectivity index (χ1n) is 15.0. The van der Waals surface area contributed by atoms with Crippen LogP contribution in [0.3, 0.4) is 0 Å². The predicted molar refractivity (Wildman–Crippen MR) is 182 cm³/mol. The largest absolute Gasteiger partial charge is 0.437 e. The minimum Gasteiger partial charge on any atom is -0.437 e. The molecule has 0 spiro atoms. The molecule has 5 nitrogen and oxygen atoms in total. The van der Waals surface area contributed by atoms with Gasteiger partial charge in [-0.3, -0.25) is 0 Å². The van der Waals surface area contributed by atoms with Crippen LogP contribution in [-0.4, -0.2) is 19.9 Å². The maximum Gasteiger partial charge on any atom is 0.227 e. The van der Waals surface area contributed by atoms with Gasteiger partial charge in [-0.25, -0.2) is 19.9 Å². The molecule has 208 valence electrons. The van der Waals surface area contributed by atoms with Gasteiger partial charge in [0.05, 0.1) is 5.39 Å². The van der Waals surface area contributed by atoms with E-state index in [0.29, 0.717) is 23.2 Å². The monoisotopic (exact) mass is 574 g/mol. The van der Waals surface area contributed by atoms with Crippen LogP contribution in [-0.2, 0) is 0 Å². The molecule has 0 amide bonds. The van der Waals surface area contributed by atoms with Crippen LogP contribution in [0.2, 0.25) is 0 Å². The van der Waals surface area contributed by atoms with Crippen LogP contribution in [0.5, 0.6) is 0 Å². The lowest BCUT2D eigenvalue weighted by molar-refractivity contribution is 0.655. The second kappa shape index (κ2) is 9.15. The molecule has 10 rings (SSSR count). The third-order valence-corrected chi connectivity index (χ3v) is 8.89. The van der Waals surface area contributed by atoms with Gasteiger partial charge < -0.3 is 4.42 Å². The molecule has 5 heteroatoms. The van der Waals surface area contributed by atoms with Crippen LogP contribution in [0.15, 0.2) is 138 Å². The van der Waals surface area contributed by atoms with Gasteiger partial charge in [0.2, 0.25) is 5.71 Å². The zero-order valence-corrected chi connectivity index (χ0v) is 23.9. The second-order valence-electron chi connectivity index (χ2n) is 11.5. The minimum atomic E-state index is 0.618. The highest BCUT2D eigenvalue weighted by Crippen LogP contribution is 2.48. The summed E-state index contributed by atoms with van der Waals surface area (Å²) in [5.74, 6) is 1.89. The number of hydrogen-bond acceptors (Lipinski definition) is 5. The van der Waals surface area contributed by atoms with Gasteiger partial charge in [-0.15, -0.1) is 0 Å². The third-order valence-electron chi connectivity index (χ3n) is 8.89. The number of nitrogens with zero attached hydrogens (tertiary/aromatic N) is 4. The van der Waals surface area contributed by atoms with Gasteiger partial charge in [0.1, 0.15) is 5.58 Å². The summed E-state index contributed by atoms with van der Waals surface area (Å²) in [5, 5.41) is 9.52. The molecule has 3 aromatic heterocycles. The molecule has 0 unspecified atom stereocenters. The van der Waals surface area contributed by atoms with E-state index < -0.39 is 0 Å². The molecule has 7 aromatic carbocycles. The highest BCUT2D eigenvalue weighted by atomic mass is 16.3. The van der Waals surface area contributed by atoms with Gasteiger partial charge in [0.25, 0.3) is 0 Å². The maximum absolute atomic E-state index is 6.61. The summed E-state index contributed by atoms with van der Waals surface area (Å²) in [4.78, 5) is 19.5. The van der Waals surface area contributed by atoms with Crippen LogP contribution >= 0.6 is 0 Å². The van der Waals surface area contributed by atoms with Gasteiger partial charge in [-0.2, -0.15) is 0 Å². The lowest BCUT2D eigenvalue weighted by Gasteiger charge is -2.14. The topological polar surface area (TPSA) is 64.7 Å². The molecule has 45 heavy (non-hydrogen) atoms. The standard InChI is InChI=1S/C40H22N4O/c1-3-9-24(10-4-1)37-42-38(25-11-5-2-6-12-25)44-39(43-37)28-15-7-14-26(21-28)31-22-27-18-17-23-13-8-16-29-30-19-20-41-40-34(30)35(36(31)45-40)33(27)32(23)29/h1-22H. The van der Waals surface area contributed by atoms with E-state index in [1.54, 1.807) is 0 Å². The van der Waals surface area contributed by atoms with Crippen molar-refractivity contribution in [1.29, 1.82) is 0 Å². The van der Waals surface area contributed by atoms with Crippen molar-refractivity contribution in [3.05, 3.63) is 134 Å². The summed E-state index contributed by atoms with van der Waals surface area (Å²) in [6, 6.07) is 43.8. The van der Waals surface area contributed by atoms with Gasteiger partial charge in [-0.1, -0.05) is 109 Å². The summed E-state index contributed by atoms with van der Waals surface area (Å²) in [5.41, 5.74) is 6.34. The zero-order chi connectivity index (χ0) is 29.5. The highest BCUT2D eigenvalue weighted by Gasteiger charge is 2.24. The first kappa shape index (κ1) is 24.3. The SMILES string of the molecule is c1ccc(-c2nc(-c3ccccc3)nc(-c3cccc(-c4cc5ccc6cccc7c8ccnc9oc4c(c98)c5c67)c3)n2)cc1. The first-order valence-corrected chi connectivity index (χ1v) is 15.0. The first-order chi connectivity index (χ1) is 22.3. The summed E-state index contributed by atoms with van der Waals surface area (Å²) in [6.45, 7) is 0. The Labute approximate surface area is 257 Å². The van der Waals surface area contributed by atoms with Crippen molar-refractivity contribution < 1.29 is 4.42 Å². The second-order valence-corrected chi connectivity index (χ2v) is 11.5. The fraction of sp³-hybridized carbons (Fsp3) is 0. The van der Waals surface area contributed by atoms with Crippen molar-refractivity contribution >= 4 is 54.4 Å². The number of rotatable bonds is 4. The Kier molecular flexibility index (Phi) is 4.93. The Morgan fingerprint density at radius 2 is 1.04 bits per heavy atom. The zero-order valence-electron chi connectivity index (χ0n) is 23.9. The van der Waals surface area contributed by atoms with Crippen molar-refractivity contribution in [2.45, 2.75) is 0 Å². The summed E-state index contributed by atoms with van der Waals surface area (Å²) in [7, 11) is 0. The van der Waals surface area contributed by atoms with Crippen LogP contribution in [0.25, 0.3) is 99.7 Å². The average Bonchev–Trinajstić information content (AvgIpc) is 3.51. The number of pyridine rings is 1. The van der Waals surface area contributed by atoms with E-state index in [-0.39, 0.29) is 0 Å². The molecule has 0 N–H and O–H groups in total. The summed E-state index contributed by atoms with van der Waals surface area (Å²) in [6.07, 6.45) is 1.85. The van der Waals surface area contributed by atoms with Crippen LogP contribution in [0.4, 0.5) is 0 Å². The fourth-order valence-corrected chi connectivity index (χ4v) is 6.88. The molecule has 0 aliphatic rings. The lowest BCUT2D eigenvalue weighted by Crippen LogP contribution is -2.00. The van der Waals surface area contributed by atoms with Crippen molar-refractivity contribution in [3.8, 4) is 45.3 Å². The van der Waals surface area contributed by atoms with E-state index in [2.05, 4.69) is 71.7 Å². The van der Waals surface area contributed by atoms with E-state index in [4.69, 9.17) is 19.4 Å². The van der Waals surface area contributed by atoms with E-state index in [1.807, 2.05) is 66.9 Å². The van der Waals surface area contributed by atoms with Crippen LogP contribution in [0, 0.1) is 0 Å². The van der Waals surface area contributed by atoms with E-state index >= 15 is 0 Å². The molecule has 0 bridgehead atoms. The maximum atomic E-state index is 6.61. The molecule has 0 fully saturated rings. The van der Waals surface area contributed by atoms with Gasteiger partial charge in [0, 0.05) is 39.2 Å². The predicted octanol–water partition coefficient (Wildman–Crippen LogP) is 10.2. The van der Waals surface area contributed by atoms with Crippen LogP contribution in [0.1, 0.15) is 0 Å². The van der Waals surface area contributed by atoms with Crippen molar-refractivity contribution in [3.63, 3.8) is 0 Å². The fourth-order valence-electron chi connectivity index (χ4n) is 6.88. The number of fused-ring (bicyclic) bond motifs is 1. The number of hydrogen-bond donors (Lipinski definition) is 0. The Morgan fingerprint density at radius 3 is 1.80 bits per heavy atom. The molecule has 0 radical (unpaired) electrons. The third kappa shape index (κ3) is 3.55. The molecule has 3 heterocycles. The Balaban J connectivity index is 1.22. The molecule has 0 aliphatic heterocycles. The Bertz CT molecular complexity index is 2640. The molecule has 0 saturated heterocycles. The minimum absolute atomic E-state index is 0.618. The normalized spacial score (nSPS) is 12.0. The molecule has 0 atom stereocenters. The summed E-state index contributed by atoms with van der Waals surface area (Å²) >= 11 is 0. The molecule has 0 saturated carbocycles. The number of furan rings is 1. The van der Waals surface area contributed by atoms with Gasteiger partial charge >= 0.3 is 0 Å². The smallest absolute Gasteiger partial charge is 0.227 e. The quantitative estimate of drug-likeness (QED) is 0.155. The van der Waals surface area contributed by atoms with E-state index in [1.165, 1.54) is 32.3 Å². The number of benzene rings is 7.